The van der Waals surface area contributed by atoms with E-state index in [-0.39, 0.29) is 33.6 Å². The SMILES string of the molecule is Cc1ccc(C)c2[cH-]ccc12.[CH3-].[Zr+3].c1cc[cH-]c1. The van der Waals surface area contributed by atoms with Crippen molar-refractivity contribution in [3.63, 3.8) is 0 Å². The van der Waals surface area contributed by atoms with E-state index in [0.717, 1.165) is 0 Å². The number of fused-ring (bicyclic) bond motifs is 1. The number of rotatable bonds is 0. The predicted octanol–water partition coefficient (Wildman–Crippen LogP) is 5.03. The summed E-state index contributed by atoms with van der Waals surface area (Å²) in [6.07, 6.45) is 0. The second kappa shape index (κ2) is 8.22. The summed E-state index contributed by atoms with van der Waals surface area (Å²) in [6, 6.07) is 20.8. The molecule has 0 bridgehead atoms. The van der Waals surface area contributed by atoms with Crippen LogP contribution in [0.2, 0.25) is 0 Å². The van der Waals surface area contributed by atoms with Crippen LogP contribution < -0.4 is 0 Å². The summed E-state index contributed by atoms with van der Waals surface area (Å²) in [5.41, 5.74) is 2.74. The molecule has 3 aromatic carbocycles. The van der Waals surface area contributed by atoms with Crippen LogP contribution in [0.25, 0.3) is 10.8 Å². The van der Waals surface area contributed by atoms with Crippen molar-refractivity contribution in [1.82, 2.24) is 0 Å². The van der Waals surface area contributed by atoms with E-state index in [9.17, 15) is 0 Å². The molecule has 3 rings (SSSR count). The van der Waals surface area contributed by atoms with E-state index in [2.05, 4.69) is 44.2 Å². The van der Waals surface area contributed by atoms with Crippen LogP contribution in [0.3, 0.4) is 0 Å². The topological polar surface area (TPSA) is 0 Å². The summed E-state index contributed by atoms with van der Waals surface area (Å²) in [6.45, 7) is 4.31. The van der Waals surface area contributed by atoms with Gasteiger partial charge in [0.2, 0.25) is 0 Å². The van der Waals surface area contributed by atoms with Gasteiger partial charge in [0.1, 0.15) is 0 Å². The summed E-state index contributed by atoms with van der Waals surface area (Å²) < 4.78 is 0. The van der Waals surface area contributed by atoms with Crippen molar-refractivity contribution in [2.75, 3.05) is 0 Å². The molecule has 0 saturated carbocycles. The standard InChI is InChI=1S/C11H11.C5H5.CH3.Zr/c1-8-6-7-9(2)11-5-3-4-10(8)11;1-2-4-5-3-1;;/h3-7H,1-2H3;1-5H;1H3;/q3*-1;+3. The molecule has 0 amide bonds. The Labute approximate surface area is 130 Å². The monoisotopic (exact) mass is 313 g/mol. The van der Waals surface area contributed by atoms with Crippen molar-refractivity contribution in [3.8, 4) is 0 Å². The molecule has 0 unspecified atom stereocenters. The molecule has 0 aliphatic carbocycles. The normalized spacial score (nSPS) is 8.78. The maximum absolute atomic E-state index is 2.18. The van der Waals surface area contributed by atoms with Gasteiger partial charge in [0.25, 0.3) is 0 Å². The molecule has 0 fully saturated rings. The van der Waals surface area contributed by atoms with Crippen LogP contribution in [0.15, 0.2) is 60.7 Å². The minimum atomic E-state index is 0. The van der Waals surface area contributed by atoms with Gasteiger partial charge in [-0.2, -0.15) is 30.3 Å². The summed E-state index contributed by atoms with van der Waals surface area (Å²) in [4.78, 5) is 0. The van der Waals surface area contributed by atoms with E-state index in [1.54, 1.807) is 0 Å². The Morgan fingerprint density at radius 2 is 1.44 bits per heavy atom. The Kier molecular flexibility index (Phi) is 7.79. The van der Waals surface area contributed by atoms with Gasteiger partial charge in [-0.1, -0.05) is 18.6 Å². The quantitative estimate of drug-likeness (QED) is 0.511. The summed E-state index contributed by atoms with van der Waals surface area (Å²) >= 11 is 0. The smallest absolute Gasteiger partial charge is 0.358 e. The largest absolute Gasteiger partial charge is 3.00 e. The van der Waals surface area contributed by atoms with Gasteiger partial charge in [-0.3, -0.25) is 0 Å². The van der Waals surface area contributed by atoms with Gasteiger partial charge in [-0.05, 0) is 6.92 Å². The molecule has 0 N–H and O–H groups in total. The van der Waals surface area contributed by atoms with Gasteiger partial charge in [-0.15, -0.1) is 28.5 Å². The zero-order chi connectivity index (χ0) is 11.4. The maximum Gasteiger partial charge on any atom is 3.00 e. The average molecular weight is 315 g/mol. The Bertz CT molecular complexity index is 491. The fraction of sp³-hybridized carbons (Fsp3) is 0.118. The summed E-state index contributed by atoms with van der Waals surface area (Å²) in [5.74, 6) is 0. The number of aryl methyl sites for hydroxylation is 2. The molecular formula is C17H19Zr. The number of hydrogen-bond donors (Lipinski definition) is 0. The van der Waals surface area contributed by atoms with Crippen molar-refractivity contribution in [2.45, 2.75) is 13.8 Å². The van der Waals surface area contributed by atoms with E-state index < -0.39 is 0 Å². The second-order valence-electron chi connectivity index (χ2n) is 4.01. The van der Waals surface area contributed by atoms with Crippen LogP contribution in [0, 0.1) is 21.3 Å². The molecule has 0 aromatic heterocycles. The van der Waals surface area contributed by atoms with Crippen LogP contribution in [0.5, 0.6) is 0 Å². The van der Waals surface area contributed by atoms with E-state index in [1.165, 1.54) is 21.9 Å². The van der Waals surface area contributed by atoms with Crippen molar-refractivity contribution in [1.29, 1.82) is 0 Å². The van der Waals surface area contributed by atoms with Gasteiger partial charge >= 0.3 is 26.2 Å². The Morgan fingerprint density at radius 3 is 1.94 bits per heavy atom. The molecule has 0 spiro atoms. The third-order valence-electron chi connectivity index (χ3n) is 2.80. The Morgan fingerprint density at radius 1 is 0.833 bits per heavy atom. The van der Waals surface area contributed by atoms with E-state index >= 15 is 0 Å². The van der Waals surface area contributed by atoms with Crippen molar-refractivity contribution in [2.24, 2.45) is 0 Å². The minimum Gasteiger partial charge on any atom is -0.358 e. The van der Waals surface area contributed by atoms with Crippen LogP contribution in [-0.4, -0.2) is 0 Å². The van der Waals surface area contributed by atoms with Crippen LogP contribution in [0.4, 0.5) is 0 Å². The molecule has 1 heteroatoms. The molecule has 0 nitrogen and oxygen atoms in total. The third-order valence-corrected chi connectivity index (χ3v) is 2.80. The summed E-state index contributed by atoms with van der Waals surface area (Å²) in [7, 11) is 0. The Balaban J connectivity index is 0.000000357. The Hall–Kier alpha value is -0.937. The molecule has 3 aromatic rings. The molecule has 0 aliphatic rings. The number of hydrogen-bond acceptors (Lipinski definition) is 0. The van der Waals surface area contributed by atoms with Crippen molar-refractivity contribution < 1.29 is 26.2 Å². The van der Waals surface area contributed by atoms with Crippen molar-refractivity contribution >= 4 is 10.8 Å². The molecule has 1 radical (unpaired) electrons. The zero-order valence-electron chi connectivity index (χ0n) is 11.3. The zero-order valence-corrected chi connectivity index (χ0v) is 13.7. The fourth-order valence-electron chi connectivity index (χ4n) is 1.86. The molecule has 0 heterocycles. The first kappa shape index (κ1) is 17.1. The van der Waals surface area contributed by atoms with Crippen molar-refractivity contribution in [3.05, 3.63) is 79.2 Å². The predicted molar refractivity (Wildman–Crippen MR) is 77.5 cm³/mol. The molecule has 0 aliphatic heterocycles. The van der Waals surface area contributed by atoms with Gasteiger partial charge in [0.15, 0.2) is 0 Å². The average Bonchev–Trinajstić information content (AvgIpc) is 2.94. The fourth-order valence-corrected chi connectivity index (χ4v) is 1.86. The molecule has 91 valence electrons. The van der Waals surface area contributed by atoms with Gasteiger partial charge in [0.05, 0.1) is 0 Å². The van der Waals surface area contributed by atoms with Crippen LogP contribution in [0.1, 0.15) is 11.1 Å². The first-order valence-corrected chi connectivity index (χ1v) is 5.57. The molecular weight excluding hydrogens is 295 g/mol. The minimum absolute atomic E-state index is 0. The molecule has 0 saturated heterocycles. The van der Waals surface area contributed by atoms with E-state index in [4.69, 9.17) is 0 Å². The van der Waals surface area contributed by atoms with E-state index in [1.807, 2.05) is 30.3 Å². The maximum atomic E-state index is 2.18. The second-order valence-corrected chi connectivity index (χ2v) is 4.01. The molecule has 0 atom stereocenters. The third kappa shape index (κ3) is 4.07. The van der Waals surface area contributed by atoms with Gasteiger partial charge in [-0.25, -0.2) is 12.1 Å². The van der Waals surface area contributed by atoms with Crippen LogP contribution in [-0.2, 0) is 26.2 Å². The first-order valence-electron chi connectivity index (χ1n) is 5.57. The summed E-state index contributed by atoms with van der Waals surface area (Å²) in [5, 5.41) is 2.79. The van der Waals surface area contributed by atoms with Gasteiger partial charge < -0.3 is 7.43 Å². The molecule has 18 heavy (non-hydrogen) atoms. The number of benzene rings is 1. The van der Waals surface area contributed by atoms with Crippen LogP contribution >= 0.6 is 0 Å². The van der Waals surface area contributed by atoms with Gasteiger partial charge in [0, 0.05) is 0 Å². The first-order chi connectivity index (χ1) is 7.79. The van der Waals surface area contributed by atoms with E-state index in [0.29, 0.717) is 0 Å².